The van der Waals surface area contributed by atoms with Crippen molar-refractivity contribution in [3.8, 4) is 0 Å². The zero-order valence-corrected chi connectivity index (χ0v) is 16.2. The average Bonchev–Trinajstić information content (AvgIpc) is 2.63. The molecule has 26 heavy (non-hydrogen) atoms. The van der Waals surface area contributed by atoms with Gasteiger partial charge in [-0.2, -0.15) is 4.31 Å². The minimum atomic E-state index is -3.77. The van der Waals surface area contributed by atoms with E-state index in [-0.39, 0.29) is 22.1 Å². The van der Waals surface area contributed by atoms with Crippen LogP contribution in [0.3, 0.4) is 0 Å². The molecule has 2 aromatic carbocycles. The first-order valence-corrected chi connectivity index (χ1v) is 9.97. The Morgan fingerprint density at radius 3 is 2.38 bits per heavy atom. The van der Waals surface area contributed by atoms with Gasteiger partial charge in [-0.25, -0.2) is 13.9 Å². The summed E-state index contributed by atoms with van der Waals surface area (Å²) in [6.07, 6.45) is 0. The predicted octanol–water partition coefficient (Wildman–Crippen LogP) is 3.23. The first kappa shape index (κ1) is 20.4. The number of carbonyl (C=O) groups is 1. The number of benzene rings is 2. The monoisotopic (exact) mass is 396 g/mol. The largest absolute Gasteiger partial charge is 0.274 e. The summed E-state index contributed by atoms with van der Waals surface area (Å²) in [6, 6.07) is 13.4. The van der Waals surface area contributed by atoms with Crippen LogP contribution in [0.25, 0.3) is 0 Å². The van der Waals surface area contributed by atoms with Crippen molar-refractivity contribution in [3.05, 3.63) is 64.7 Å². The summed E-state index contributed by atoms with van der Waals surface area (Å²) < 4.78 is 26.6. The lowest BCUT2D eigenvalue weighted by Gasteiger charge is -2.19. The molecule has 6 nitrogen and oxygen atoms in total. The van der Waals surface area contributed by atoms with E-state index >= 15 is 0 Å². The van der Waals surface area contributed by atoms with Crippen LogP contribution in [0.2, 0.25) is 5.02 Å². The Kier molecular flexibility index (Phi) is 7.16. The lowest BCUT2D eigenvalue weighted by molar-refractivity contribution is 0.0233. The van der Waals surface area contributed by atoms with Gasteiger partial charge in [0.25, 0.3) is 5.91 Å². The molecule has 0 atom stereocenters. The summed E-state index contributed by atoms with van der Waals surface area (Å²) in [5.41, 5.74) is 3.36. The topological polar surface area (TPSA) is 75.7 Å². The molecule has 0 bridgehead atoms. The van der Waals surface area contributed by atoms with Crippen LogP contribution in [-0.4, -0.2) is 31.7 Å². The molecule has 1 amide bonds. The Morgan fingerprint density at radius 2 is 1.77 bits per heavy atom. The normalized spacial score (nSPS) is 11.5. The molecule has 0 saturated heterocycles. The van der Waals surface area contributed by atoms with Crippen molar-refractivity contribution >= 4 is 27.5 Å². The molecule has 0 aliphatic heterocycles. The van der Waals surface area contributed by atoms with Crippen LogP contribution in [0, 0.1) is 0 Å². The number of carbonyl (C=O) groups excluding carboxylic acids is 1. The maximum atomic E-state index is 12.7. The fourth-order valence-corrected chi connectivity index (χ4v) is 4.32. The minimum absolute atomic E-state index is 0.0682. The summed E-state index contributed by atoms with van der Waals surface area (Å²) in [6.45, 7) is 4.30. The number of hydrogen-bond donors (Lipinski definition) is 1. The van der Waals surface area contributed by atoms with Crippen molar-refractivity contribution < 1.29 is 18.0 Å². The first-order valence-electron chi connectivity index (χ1n) is 8.15. The third-order valence-electron chi connectivity index (χ3n) is 3.76. The van der Waals surface area contributed by atoms with Gasteiger partial charge in [0.05, 0.1) is 11.6 Å². The molecule has 0 aromatic heterocycles. The maximum absolute atomic E-state index is 12.7. The lowest BCUT2D eigenvalue weighted by atomic mass is 10.2. The molecule has 8 heteroatoms. The zero-order chi connectivity index (χ0) is 19.2. The number of nitrogens with one attached hydrogen (secondary N) is 1. The van der Waals surface area contributed by atoms with Crippen LogP contribution in [0.4, 0.5) is 0 Å². The number of nitrogens with zero attached hydrogens (tertiary/aromatic N) is 1. The van der Waals surface area contributed by atoms with Crippen LogP contribution in [0.1, 0.15) is 29.8 Å². The highest BCUT2D eigenvalue weighted by Crippen LogP contribution is 2.25. The van der Waals surface area contributed by atoms with Gasteiger partial charge in [0, 0.05) is 18.7 Å². The molecule has 2 aromatic rings. The fraction of sp³-hybridized carbons (Fsp3) is 0.278. The Hall–Kier alpha value is -1.93. The minimum Gasteiger partial charge on any atom is -0.269 e. The standard InChI is InChI=1S/C18H21ClN2O4S/c1-3-21(4-2)26(23,24)17-12-15(10-11-16(17)19)18(22)20-25-13-14-8-6-5-7-9-14/h5-12H,3-4,13H2,1-2H3,(H,20,22). The summed E-state index contributed by atoms with van der Waals surface area (Å²) >= 11 is 6.06. The quantitative estimate of drug-likeness (QED) is 0.695. The smallest absolute Gasteiger partial charge is 0.269 e. The van der Waals surface area contributed by atoms with Crippen molar-refractivity contribution in [2.75, 3.05) is 13.1 Å². The van der Waals surface area contributed by atoms with Crippen LogP contribution >= 0.6 is 11.6 Å². The number of rotatable bonds is 8. The second kappa shape index (κ2) is 9.14. The molecule has 0 fully saturated rings. The van der Waals surface area contributed by atoms with E-state index in [4.69, 9.17) is 16.4 Å². The van der Waals surface area contributed by atoms with Gasteiger partial charge in [-0.1, -0.05) is 55.8 Å². The predicted molar refractivity (Wildman–Crippen MR) is 100 cm³/mol. The van der Waals surface area contributed by atoms with E-state index < -0.39 is 15.9 Å². The Bertz CT molecular complexity index is 853. The Morgan fingerprint density at radius 1 is 1.12 bits per heavy atom. The van der Waals surface area contributed by atoms with Gasteiger partial charge >= 0.3 is 0 Å². The van der Waals surface area contributed by atoms with Gasteiger partial charge in [0.1, 0.15) is 4.90 Å². The Balaban J connectivity index is 2.14. The fourth-order valence-electron chi connectivity index (χ4n) is 2.36. The molecule has 2 rings (SSSR count). The number of hydrogen-bond acceptors (Lipinski definition) is 4. The second-order valence-corrected chi connectivity index (χ2v) is 7.75. The Labute approximate surface area is 158 Å². The number of sulfonamides is 1. The van der Waals surface area contributed by atoms with E-state index in [9.17, 15) is 13.2 Å². The highest BCUT2D eigenvalue weighted by Gasteiger charge is 2.25. The molecule has 0 aliphatic carbocycles. The van der Waals surface area contributed by atoms with Crippen molar-refractivity contribution in [1.82, 2.24) is 9.79 Å². The molecule has 0 radical (unpaired) electrons. The highest BCUT2D eigenvalue weighted by molar-refractivity contribution is 7.89. The van der Waals surface area contributed by atoms with Gasteiger partial charge in [0.15, 0.2) is 0 Å². The average molecular weight is 397 g/mol. The van der Waals surface area contributed by atoms with Crippen molar-refractivity contribution in [2.24, 2.45) is 0 Å². The van der Waals surface area contributed by atoms with E-state index in [1.807, 2.05) is 30.3 Å². The van der Waals surface area contributed by atoms with E-state index in [1.165, 1.54) is 22.5 Å². The second-order valence-electron chi connectivity index (χ2n) is 5.44. The third kappa shape index (κ3) is 4.82. The SMILES string of the molecule is CCN(CC)S(=O)(=O)c1cc(C(=O)NOCc2ccccc2)ccc1Cl. The van der Waals surface area contributed by atoms with Gasteiger partial charge < -0.3 is 0 Å². The molecule has 1 N–H and O–H groups in total. The molecule has 140 valence electrons. The molecule has 0 unspecified atom stereocenters. The summed E-state index contributed by atoms with van der Waals surface area (Å²) in [7, 11) is -3.77. The van der Waals surface area contributed by atoms with Crippen LogP contribution in [-0.2, 0) is 21.5 Å². The van der Waals surface area contributed by atoms with Crippen molar-refractivity contribution in [1.29, 1.82) is 0 Å². The van der Waals surface area contributed by atoms with Gasteiger partial charge in [-0.05, 0) is 23.8 Å². The van der Waals surface area contributed by atoms with Gasteiger partial charge in [-0.15, -0.1) is 0 Å². The summed E-state index contributed by atoms with van der Waals surface area (Å²) in [4.78, 5) is 17.3. The summed E-state index contributed by atoms with van der Waals surface area (Å²) in [5.74, 6) is -0.548. The third-order valence-corrected chi connectivity index (χ3v) is 6.29. The van der Waals surface area contributed by atoms with Crippen LogP contribution in [0.5, 0.6) is 0 Å². The number of hydroxylamine groups is 1. The molecule has 0 spiro atoms. The summed E-state index contributed by atoms with van der Waals surface area (Å²) in [5, 5.41) is 0.0682. The molecule has 0 heterocycles. The van der Waals surface area contributed by atoms with E-state index in [0.29, 0.717) is 13.1 Å². The maximum Gasteiger partial charge on any atom is 0.274 e. The molecule has 0 aliphatic rings. The van der Waals surface area contributed by atoms with Crippen molar-refractivity contribution in [2.45, 2.75) is 25.3 Å². The molecule has 0 saturated carbocycles. The molecular formula is C18H21ClN2O4S. The van der Waals surface area contributed by atoms with E-state index in [2.05, 4.69) is 5.48 Å². The lowest BCUT2D eigenvalue weighted by Crippen LogP contribution is -2.31. The first-order chi connectivity index (χ1) is 12.4. The number of amides is 1. The van der Waals surface area contributed by atoms with E-state index in [1.54, 1.807) is 13.8 Å². The highest BCUT2D eigenvalue weighted by atomic mass is 35.5. The van der Waals surface area contributed by atoms with Crippen LogP contribution in [0.15, 0.2) is 53.4 Å². The van der Waals surface area contributed by atoms with E-state index in [0.717, 1.165) is 5.56 Å². The number of halogens is 1. The van der Waals surface area contributed by atoms with Gasteiger partial charge in [-0.3, -0.25) is 9.63 Å². The zero-order valence-electron chi connectivity index (χ0n) is 14.6. The van der Waals surface area contributed by atoms with Crippen molar-refractivity contribution in [3.63, 3.8) is 0 Å². The van der Waals surface area contributed by atoms with Gasteiger partial charge in [0.2, 0.25) is 10.0 Å². The van der Waals surface area contributed by atoms with Crippen LogP contribution < -0.4 is 5.48 Å². The molecular weight excluding hydrogens is 376 g/mol.